The average Bonchev–Trinajstić information content (AvgIpc) is 3.28. The van der Waals surface area contributed by atoms with Gasteiger partial charge in [0.15, 0.2) is 11.6 Å². The van der Waals surface area contributed by atoms with Crippen molar-refractivity contribution in [3.8, 4) is 0 Å². The summed E-state index contributed by atoms with van der Waals surface area (Å²) in [6.07, 6.45) is 4.81. The summed E-state index contributed by atoms with van der Waals surface area (Å²) < 4.78 is 14.2. The molecule has 2 N–H and O–H groups in total. The minimum atomic E-state index is -0.572. The lowest BCUT2D eigenvalue weighted by atomic mass is 10.1. The molecular formula is C15H22FN3O. The maximum absolute atomic E-state index is 14.2. The number of nitrogens with zero attached hydrogens (tertiary/aromatic N) is 1. The smallest absolute Gasteiger partial charge is 0.254 e. The first kappa shape index (κ1) is 14.8. The van der Waals surface area contributed by atoms with Gasteiger partial charge in [0, 0.05) is 19.3 Å². The van der Waals surface area contributed by atoms with Crippen molar-refractivity contribution in [3.05, 3.63) is 23.6 Å². The maximum Gasteiger partial charge on any atom is 0.254 e. The van der Waals surface area contributed by atoms with Gasteiger partial charge in [-0.05, 0) is 37.2 Å². The predicted molar refractivity (Wildman–Crippen MR) is 77.2 cm³/mol. The molecule has 5 heteroatoms. The van der Waals surface area contributed by atoms with Gasteiger partial charge in [0.05, 0.1) is 5.56 Å². The molecule has 1 fully saturated rings. The van der Waals surface area contributed by atoms with Crippen LogP contribution in [0.5, 0.6) is 0 Å². The molecule has 2 rings (SSSR count). The summed E-state index contributed by atoms with van der Waals surface area (Å²) in [6, 6.07) is 1.42. The Morgan fingerprint density at radius 2 is 2.30 bits per heavy atom. The Hall–Kier alpha value is -1.65. The molecule has 0 bridgehead atoms. The number of hydrogen-bond donors (Lipinski definition) is 2. The molecule has 1 unspecified atom stereocenters. The number of carbonyl (C=O) groups excluding carboxylic acids is 1. The SMILES string of the molecule is CCCNc1nccc(C(=O)NCC(C)C2CC2)c1F. The van der Waals surface area contributed by atoms with Crippen molar-refractivity contribution in [3.63, 3.8) is 0 Å². The Morgan fingerprint density at radius 1 is 1.55 bits per heavy atom. The van der Waals surface area contributed by atoms with Gasteiger partial charge in [-0.25, -0.2) is 9.37 Å². The number of amides is 1. The zero-order valence-corrected chi connectivity index (χ0v) is 12.1. The second kappa shape index (κ2) is 6.68. The fraction of sp³-hybridized carbons (Fsp3) is 0.600. The Bertz CT molecular complexity index is 474. The standard InChI is InChI=1S/C15H22FN3O/c1-3-7-17-14-13(16)12(6-8-18-14)15(20)19-9-10(2)11-4-5-11/h6,8,10-11H,3-5,7,9H2,1-2H3,(H,17,18)(H,19,20). The number of anilines is 1. The molecule has 1 amide bonds. The molecule has 1 aliphatic rings. The highest BCUT2D eigenvalue weighted by atomic mass is 19.1. The summed E-state index contributed by atoms with van der Waals surface area (Å²) in [4.78, 5) is 16.0. The van der Waals surface area contributed by atoms with Crippen LogP contribution >= 0.6 is 0 Å². The summed E-state index contributed by atoms with van der Waals surface area (Å²) in [7, 11) is 0. The molecule has 0 aliphatic heterocycles. The van der Waals surface area contributed by atoms with Gasteiger partial charge in [-0.1, -0.05) is 13.8 Å². The van der Waals surface area contributed by atoms with Crippen molar-refractivity contribution in [1.29, 1.82) is 0 Å². The lowest BCUT2D eigenvalue weighted by Crippen LogP contribution is -2.30. The molecule has 0 radical (unpaired) electrons. The predicted octanol–water partition coefficient (Wildman–Crippen LogP) is 2.82. The Labute approximate surface area is 119 Å². The van der Waals surface area contributed by atoms with Crippen LogP contribution in [-0.4, -0.2) is 24.0 Å². The van der Waals surface area contributed by atoms with Crippen LogP contribution in [0.3, 0.4) is 0 Å². The average molecular weight is 279 g/mol. The lowest BCUT2D eigenvalue weighted by molar-refractivity contribution is 0.0942. The van der Waals surface area contributed by atoms with E-state index in [1.807, 2.05) is 6.92 Å². The number of carbonyl (C=O) groups is 1. The molecule has 1 atom stereocenters. The van der Waals surface area contributed by atoms with Crippen molar-refractivity contribution < 1.29 is 9.18 Å². The minimum Gasteiger partial charge on any atom is -0.368 e. The number of rotatable bonds is 7. The molecule has 0 aromatic carbocycles. The van der Waals surface area contributed by atoms with E-state index in [1.165, 1.54) is 25.1 Å². The largest absolute Gasteiger partial charge is 0.368 e. The van der Waals surface area contributed by atoms with Gasteiger partial charge in [0.25, 0.3) is 5.91 Å². The van der Waals surface area contributed by atoms with Crippen LogP contribution in [0.4, 0.5) is 10.2 Å². The summed E-state index contributed by atoms with van der Waals surface area (Å²) in [6.45, 7) is 5.34. The molecule has 20 heavy (non-hydrogen) atoms. The number of aromatic nitrogens is 1. The minimum absolute atomic E-state index is 0.0570. The van der Waals surface area contributed by atoms with Gasteiger partial charge < -0.3 is 10.6 Å². The van der Waals surface area contributed by atoms with Crippen LogP contribution in [0.25, 0.3) is 0 Å². The highest BCUT2D eigenvalue weighted by molar-refractivity contribution is 5.95. The molecule has 1 aromatic rings. The molecule has 4 nitrogen and oxygen atoms in total. The van der Waals surface area contributed by atoms with Crippen LogP contribution in [0.15, 0.2) is 12.3 Å². The van der Waals surface area contributed by atoms with E-state index in [0.717, 1.165) is 12.3 Å². The fourth-order valence-electron chi connectivity index (χ4n) is 2.17. The van der Waals surface area contributed by atoms with Crippen LogP contribution in [0.2, 0.25) is 0 Å². The first-order valence-corrected chi connectivity index (χ1v) is 7.30. The first-order valence-electron chi connectivity index (χ1n) is 7.30. The van der Waals surface area contributed by atoms with E-state index in [9.17, 15) is 9.18 Å². The Kier molecular flexibility index (Phi) is 4.93. The quantitative estimate of drug-likeness (QED) is 0.807. The van der Waals surface area contributed by atoms with Crippen molar-refractivity contribution >= 4 is 11.7 Å². The zero-order chi connectivity index (χ0) is 14.5. The van der Waals surface area contributed by atoms with Crippen molar-refractivity contribution in [1.82, 2.24) is 10.3 Å². The van der Waals surface area contributed by atoms with Crippen molar-refractivity contribution in [2.75, 3.05) is 18.4 Å². The molecular weight excluding hydrogens is 257 g/mol. The summed E-state index contributed by atoms with van der Waals surface area (Å²) in [5.74, 6) is 0.394. The Morgan fingerprint density at radius 3 is 2.95 bits per heavy atom. The third-order valence-corrected chi connectivity index (χ3v) is 3.69. The number of hydrogen-bond acceptors (Lipinski definition) is 3. The molecule has 0 spiro atoms. The van der Waals surface area contributed by atoms with E-state index in [0.29, 0.717) is 19.0 Å². The van der Waals surface area contributed by atoms with E-state index >= 15 is 0 Å². The second-order valence-electron chi connectivity index (χ2n) is 5.47. The highest BCUT2D eigenvalue weighted by Gasteiger charge is 2.28. The third kappa shape index (κ3) is 3.68. The van der Waals surface area contributed by atoms with Crippen molar-refractivity contribution in [2.24, 2.45) is 11.8 Å². The molecule has 1 aromatic heterocycles. The summed E-state index contributed by atoms with van der Waals surface area (Å²) in [5, 5.41) is 5.69. The highest BCUT2D eigenvalue weighted by Crippen LogP contribution is 2.36. The van der Waals surface area contributed by atoms with Crippen LogP contribution in [-0.2, 0) is 0 Å². The Balaban J connectivity index is 1.97. The molecule has 1 aliphatic carbocycles. The number of nitrogens with one attached hydrogen (secondary N) is 2. The summed E-state index contributed by atoms with van der Waals surface area (Å²) >= 11 is 0. The van der Waals surface area contributed by atoms with Crippen LogP contribution in [0.1, 0.15) is 43.5 Å². The monoisotopic (exact) mass is 279 g/mol. The number of halogens is 1. The molecule has 0 saturated heterocycles. The molecule has 1 saturated carbocycles. The first-order chi connectivity index (χ1) is 9.63. The normalized spacial score (nSPS) is 15.8. The van der Waals surface area contributed by atoms with E-state index in [2.05, 4.69) is 22.5 Å². The van der Waals surface area contributed by atoms with Gasteiger partial charge in [-0.3, -0.25) is 4.79 Å². The zero-order valence-electron chi connectivity index (χ0n) is 12.1. The van der Waals surface area contributed by atoms with E-state index in [1.54, 1.807) is 0 Å². The van der Waals surface area contributed by atoms with Gasteiger partial charge >= 0.3 is 0 Å². The van der Waals surface area contributed by atoms with Gasteiger partial charge in [-0.2, -0.15) is 0 Å². The van der Waals surface area contributed by atoms with Crippen LogP contribution in [0, 0.1) is 17.7 Å². The maximum atomic E-state index is 14.2. The van der Waals surface area contributed by atoms with Gasteiger partial charge in [0.2, 0.25) is 0 Å². The summed E-state index contributed by atoms with van der Waals surface area (Å²) in [5.41, 5.74) is 0.0570. The third-order valence-electron chi connectivity index (χ3n) is 3.69. The van der Waals surface area contributed by atoms with Gasteiger partial charge in [-0.15, -0.1) is 0 Å². The van der Waals surface area contributed by atoms with Gasteiger partial charge in [0.1, 0.15) is 0 Å². The second-order valence-corrected chi connectivity index (χ2v) is 5.47. The number of pyridine rings is 1. The van der Waals surface area contributed by atoms with E-state index < -0.39 is 5.82 Å². The van der Waals surface area contributed by atoms with Crippen molar-refractivity contribution in [2.45, 2.75) is 33.1 Å². The topological polar surface area (TPSA) is 54.0 Å². The fourth-order valence-corrected chi connectivity index (χ4v) is 2.17. The lowest BCUT2D eigenvalue weighted by Gasteiger charge is -2.13. The van der Waals surface area contributed by atoms with E-state index in [-0.39, 0.29) is 17.3 Å². The molecule has 1 heterocycles. The van der Waals surface area contributed by atoms with E-state index in [4.69, 9.17) is 0 Å². The van der Waals surface area contributed by atoms with Crippen LogP contribution < -0.4 is 10.6 Å². The molecule has 110 valence electrons.